The normalized spacial score (nSPS) is 12.1. The van der Waals surface area contributed by atoms with E-state index in [-0.39, 0.29) is 17.7 Å². The standard InChI is InChI=1S/C16H15BrFNO2.C10H14O.C7H4BrFO2/c17-13-6-7-15(18)14(10-13)16(21)19(8-9-20)11-12-4-2-1-3-5-12;11-9-5-4-8-10-6-2-1-3-7-10;8-4-1-2-6(9)5(3-4)7(10)11/h1-7,10,20H,8-9,11H2;1-3,6-7,11H,4-5,8-9H2;1-3H,(H,10,11)/i8D2;5D2;. The SMILES string of the molecule is O=C(O)c1cc(Br)ccc1F.[2H]C([2H])(CO)CCc1ccccc1.[2H]C([2H])(CO)N(Cc1ccccc1)C(=O)c1cc(Br)ccc1F. The van der Waals surface area contributed by atoms with Gasteiger partial charge in [-0.2, -0.15) is 0 Å². The Kier molecular flexibility index (Phi) is 13.6. The highest BCUT2D eigenvalue weighted by Crippen LogP contribution is 2.19. The molecule has 0 spiro atoms. The summed E-state index contributed by atoms with van der Waals surface area (Å²) in [6.07, 6.45) is -0.405. The third-order valence-electron chi connectivity index (χ3n) is 5.55. The lowest BCUT2D eigenvalue weighted by molar-refractivity contribution is 0.0687. The van der Waals surface area contributed by atoms with Crippen LogP contribution in [0.1, 0.15) is 50.1 Å². The van der Waals surface area contributed by atoms with E-state index >= 15 is 0 Å². The first kappa shape index (κ1) is 29.6. The van der Waals surface area contributed by atoms with Crippen molar-refractivity contribution in [2.75, 3.05) is 19.7 Å². The quantitative estimate of drug-likeness (QED) is 0.157. The van der Waals surface area contributed by atoms with E-state index < -0.39 is 49.6 Å². The molecule has 0 fully saturated rings. The summed E-state index contributed by atoms with van der Waals surface area (Å²) in [5.74, 6) is -3.55. The molecule has 228 valence electrons. The predicted molar refractivity (Wildman–Crippen MR) is 170 cm³/mol. The van der Waals surface area contributed by atoms with E-state index in [1.165, 1.54) is 24.3 Å². The molecule has 1 amide bonds. The predicted octanol–water partition coefficient (Wildman–Crippen LogP) is 7.51. The average molecular weight is 725 g/mol. The van der Waals surface area contributed by atoms with E-state index in [0.29, 0.717) is 27.4 Å². The van der Waals surface area contributed by atoms with Gasteiger partial charge in [0.05, 0.1) is 20.5 Å². The number of aliphatic hydroxyl groups excluding tert-OH is 2. The Balaban J connectivity index is 0.000000270. The molecular weight excluding hydrogens is 688 g/mol. The van der Waals surface area contributed by atoms with Crippen molar-refractivity contribution in [2.24, 2.45) is 0 Å². The molecule has 10 heteroatoms. The van der Waals surface area contributed by atoms with Crippen LogP contribution in [0.4, 0.5) is 8.78 Å². The van der Waals surface area contributed by atoms with Gasteiger partial charge in [0.2, 0.25) is 0 Å². The number of hydrogen-bond acceptors (Lipinski definition) is 4. The molecule has 0 aliphatic rings. The molecule has 3 N–H and O–H groups in total. The van der Waals surface area contributed by atoms with E-state index in [1.54, 1.807) is 30.3 Å². The number of nitrogens with zero attached hydrogens (tertiary/aromatic N) is 1. The van der Waals surface area contributed by atoms with Crippen LogP contribution in [0.25, 0.3) is 0 Å². The number of hydrogen-bond donors (Lipinski definition) is 3. The lowest BCUT2D eigenvalue weighted by Gasteiger charge is -2.22. The third-order valence-corrected chi connectivity index (χ3v) is 6.54. The molecule has 0 atom stereocenters. The molecule has 0 radical (unpaired) electrons. The Bertz CT molecular complexity index is 1600. The van der Waals surface area contributed by atoms with E-state index in [9.17, 15) is 23.5 Å². The van der Waals surface area contributed by atoms with Crippen LogP contribution in [0.3, 0.4) is 0 Å². The topological polar surface area (TPSA) is 98.1 Å². The highest BCUT2D eigenvalue weighted by atomic mass is 79.9. The summed E-state index contributed by atoms with van der Waals surface area (Å²) in [6, 6.07) is 26.1. The van der Waals surface area contributed by atoms with Crippen LogP contribution in [0.15, 0.2) is 106 Å². The second kappa shape index (κ2) is 19.7. The largest absolute Gasteiger partial charge is 0.478 e. The van der Waals surface area contributed by atoms with Crippen LogP contribution in [0.5, 0.6) is 0 Å². The van der Waals surface area contributed by atoms with Crippen molar-refractivity contribution in [3.8, 4) is 0 Å². The van der Waals surface area contributed by atoms with Crippen molar-refractivity contribution in [1.29, 1.82) is 0 Å². The number of carboxylic acid groups (broad SMARTS) is 1. The van der Waals surface area contributed by atoms with Gasteiger partial charge in [-0.3, -0.25) is 4.79 Å². The minimum Gasteiger partial charge on any atom is -0.478 e. The number of amides is 1. The number of carboxylic acids is 1. The van der Waals surface area contributed by atoms with Gasteiger partial charge in [-0.15, -0.1) is 0 Å². The summed E-state index contributed by atoms with van der Waals surface area (Å²) in [5.41, 5.74) is 1.21. The number of halogens is 4. The van der Waals surface area contributed by atoms with Gasteiger partial charge in [0.15, 0.2) is 0 Å². The molecular formula is C33H33Br2F2NO5. The highest BCUT2D eigenvalue weighted by Gasteiger charge is 2.19. The molecule has 0 saturated carbocycles. The summed E-state index contributed by atoms with van der Waals surface area (Å²) in [6.45, 7) is -3.69. The number of benzene rings is 4. The van der Waals surface area contributed by atoms with Gasteiger partial charge in [0.25, 0.3) is 5.91 Å². The molecule has 0 aromatic heterocycles. The molecule has 0 saturated heterocycles. The van der Waals surface area contributed by atoms with Crippen LogP contribution in [0, 0.1) is 11.6 Å². The number of aliphatic hydroxyl groups is 2. The maximum Gasteiger partial charge on any atom is 0.338 e. The van der Waals surface area contributed by atoms with E-state index in [2.05, 4.69) is 31.9 Å². The smallest absolute Gasteiger partial charge is 0.338 e. The molecule has 0 heterocycles. The van der Waals surface area contributed by atoms with Crippen molar-refractivity contribution in [2.45, 2.75) is 25.8 Å². The highest BCUT2D eigenvalue weighted by molar-refractivity contribution is 9.10. The third kappa shape index (κ3) is 13.2. The van der Waals surface area contributed by atoms with E-state index in [1.807, 2.05) is 30.3 Å². The Labute approximate surface area is 272 Å². The Morgan fingerprint density at radius 2 is 1.26 bits per heavy atom. The second-order valence-electron chi connectivity index (χ2n) is 8.64. The minimum atomic E-state index is -2.32. The second-order valence-corrected chi connectivity index (χ2v) is 10.5. The van der Waals surface area contributed by atoms with E-state index in [4.69, 9.17) is 15.7 Å². The van der Waals surface area contributed by atoms with Gasteiger partial charge in [-0.1, -0.05) is 92.5 Å². The van der Waals surface area contributed by atoms with Gasteiger partial charge in [-0.05, 0) is 66.7 Å². The number of carbonyl (C=O) groups excluding carboxylic acids is 1. The molecule has 4 aromatic carbocycles. The van der Waals surface area contributed by atoms with Crippen LogP contribution in [0.2, 0.25) is 0 Å². The molecule has 4 rings (SSSR count). The van der Waals surface area contributed by atoms with Crippen LogP contribution in [-0.2, 0) is 13.0 Å². The molecule has 4 aromatic rings. The molecule has 0 aliphatic heterocycles. The first-order valence-electron chi connectivity index (χ1n) is 14.8. The summed E-state index contributed by atoms with van der Waals surface area (Å²) in [5, 5.41) is 26.4. The summed E-state index contributed by atoms with van der Waals surface area (Å²) >= 11 is 6.20. The number of aryl methyl sites for hydroxylation is 1. The molecule has 6 nitrogen and oxygen atoms in total. The fourth-order valence-electron chi connectivity index (χ4n) is 3.48. The van der Waals surface area contributed by atoms with Gasteiger partial charge < -0.3 is 20.2 Å². The Morgan fingerprint density at radius 1 is 0.744 bits per heavy atom. The zero-order valence-corrected chi connectivity index (χ0v) is 26.1. The van der Waals surface area contributed by atoms with Crippen LogP contribution >= 0.6 is 31.9 Å². The maximum atomic E-state index is 14.0. The number of aromatic carboxylic acids is 1. The molecule has 0 aliphatic carbocycles. The average Bonchev–Trinajstić information content (AvgIpc) is 3.06. The van der Waals surface area contributed by atoms with Gasteiger partial charge in [0, 0.05) is 31.3 Å². The Morgan fingerprint density at radius 3 is 1.74 bits per heavy atom. The van der Waals surface area contributed by atoms with Crippen molar-refractivity contribution in [1.82, 2.24) is 4.90 Å². The van der Waals surface area contributed by atoms with Crippen LogP contribution < -0.4 is 0 Å². The van der Waals surface area contributed by atoms with Crippen molar-refractivity contribution in [3.63, 3.8) is 0 Å². The summed E-state index contributed by atoms with van der Waals surface area (Å²) in [7, 11) is 0. The van der Waals surface area contributed by atoms with Gasteiger partial charge in [0.1, 0.15) is 11.6 Å². The first-order chi connectivity index (χ1) is 22.1. The molecule has 0 unspecified atom stereocenters. The minimum absolute atomic E-state index is 0.0841. The lowest BCUT2D eigenvalue weighted by atomic mass is 10.1. The van der Waals surface area contributed by atoms with Crippen LogP contribution in [-0.4, -0.2) is 51.8 Å². The monoisotopic (exact) mass is 723 g/mol. The molecule has 43 heavy (non-hydrogen) atoms. The number of carbonyl (C=O) groups is 2. The maximum absolute atomic E-state index is 14.0. The molecule has 0 bridgehead atoms. The van der Waals surface area contributed by atoms with Gasteiger partial charge >= 0.3 is 5.97 Å². The summed E-state index contributed by atoms with van der Waals surface area (Å²) in [4.78, 5) is 23.8. The zero-order chi connectivity index (χ0) is 35.2. The first-order valence-corrected chi connectivity index (χ1v) is 14.4. The summed E-state index contributed by atoms with van der Waals surface area (Å²) < 4.78 is 58.1. The van der Waals surface area contributed by atoms with E-state index in [0.717, 1.165) is 22.6 Å². The number of rotatable bonds is 10. The van der Waals surface area contributed by atoms with Crippen molar-refractivity contribution < 1.29 is 39.2 Å². The van der Waals surface area contributed by atoms with Crippen molar-refractivity contribution >= 4 is 43.7 Å². The fraction of sp³-hybridized carbons (Fsp3) is 0.212. The fourth-order valence-corrected chi connectivity index (χ4v) is 4.20. The zero-order valence-electron chi connectivity index (χ0n) is 26.9. The van der Waals surface area contributed by atoms with Gasteiger partial charge in [-0.25, -0.2) is 13.6 Å². The van der Waals surface area contributed by atoms with Crippen molar-refractivity contribution in [3.05, 3.63) is 140 Å². The lowest BCUT2D eigenvalue weighted by Crippen LogP contribution is -2.33. The Hall–Kier alpha value is -3.44.